The lowest BCUT2D eigenvalue weighted by Gasteiger charge is -2.05. The van der Waals surface area contributed by atoms with Crippen molar-refractivity contribution in [3.05, 3.63) is 23.0 Å². The lowest BCUT2D eigenvalue weighted by atomic mass is 10.2. The van der Waals surface area contributed by atoms with Crippen molar-refractivity contribution in [3.8, 4) is 12.1 Å². The highest BCUT2D eigenvalue weighted by atomic mass is 32.2. The standard InChI is InChI=1S/C11H9N3S/c12-4-5-15-11-6-8(7-13)14-10-3-1-2-9(10)11/h6H,1-3,5H2. The number of hydrogen-bond donors (Lipinski definition) is 0. The molecule has 2 rings (SSSR count). The number of aromatic nitrogens is 1. The quantitative estimate of drug-likeness (QED) is 0.708. The van der Waals surface area contributed by atoms with Gasteiger partial charge >= 0.3 is 0 Å². The van der Waals surface area contributed by atoms with E-state index in [0.29, 0.717) is 11.4 Å². The second-order valence-corrected chi connectivity index (χ2v) is 4.36. The highest BCUT2D eigenvalue weighted by Crippen LogP contribution is 2.31. The molecule has 0 aromatic carbocycles. The largest absolute Gasteiger partial charge is 0.242 e. The summed E-state index contributed by atoms with van der Waals surface area (Å²) in [6.45, 7) is 0. The van der Waals surface area contributed by atoms with E-state index in [4.69, 9.17) is 10.5 Å². The van der Waals surface area contributed by atoms with E-state index in [2.05, 4.69) is 17.1 Å². The minimum atomic E-state index is 0.432. The van der Waals surface area contributed by atoms with Crippen LogP contribution in [-0.2, 0) is 12.8 Å². The first-order chi connectivity index (χ1) is 7.35. The van der Waals surface area contributed by atoms with Crippen LogP contribution in [0.15, 0.2) is 11.0 Å². The highest BCUT2D eigenvalue weighted by Gasteiger charge is 2.17. The van der Waals surface area contributed by atoms with Crippen molar-refractivity contribution in [1.29, 1.82) is 10.5 Å². The van der Waals surface area contributed by atoms with Gasteiger partial charge in [0.2, 0.25) is 0 Å². The van der Waals surface area contributed by atoms with Crippen molar-refractivity contribution in [2.45, 2.75) is 24.2 Å². The maximum atomic E-state index is 8.83. The van der Waals surface area contributed by atoms with E-state index < -0.39 is 0 Å². The summed E-state index contributed by atoms with van der Waals surface area (Å²) in [5, 5.41) is 17.4. The Balaban J connectivity index is 2.40. The summed E-state index contributed by atoms with van der Waals surface area (Å²) >= 11 is 1.50. The first-order valence-corrected chi connectivity index (χ1v) is 5.76. The number of rotatable bonds is 2. The number of nitrogens with zero attached hydrogens (tertiary/aromatic N) is 3. The normalized spacial score (nSPS) is 12.9. The van der Waals surface area contributed by atoms with Crippen molar-refractivity contribution in [2.75, 3.05) is 5.75 Å². The minimum Gasteiger partial charge on any atom is -0.242 e. The number of aryl methyl sites for hydroxylation is 1. The van der Waals surface area contributed by atoms with Gasteiger partial charge in [0.15, 0.2) is 0 Å². The fourth-order valence-electron chi connectivity index (χ4n) is 1.80. The van der Waals surface area contributed by atoms with Crippen LogP contribution in [0.25, 0.3) is 0 Å². The third kappa shape index (κ3) is 1.95. The van der Waals surface area contributed by atoms with Crippen molar-refractivity contribution < 1.29 is 0 Å². The average molecular weight is 215 g/mol. The molecule has 0 fully saturated rings. The molecule has 0 spiro atoms. The smallest absolute Gasteiger partial charge is 0.141 e. The summed E-state index contributed by atoms with van der Waals surface area (Å²) in [7, 11) is 0. The van der Waals surface area contributed by atoms with Crippen LogP contribution in [0.1, 0.15) is 23.4 Å². The van der Waals surface area contributed by atoms with Crippen molar-refractivity contribution in [2.24, 2.45) is 0 Å². The van der Waals surface area contributed by atoms with Crippen LogP contribution in [0.3, 0.4) is 0 Å². The summed E-state index contributed by atoms with van der Waals surface area (Å²) in [5.41, 5.74) is 2.76. The predicted octanol–water partition coefficient (Wildman–Crippen LogP) is 2.06. The Kier molecular flexibility index (Phi) is 2.89. The fraction of sp³-hybridized carbons (Fsp3) is 0.364. The fourth-order valence-corrected chi connectivity index (χ4v) is 2.61. The topological polar surface area (TPSA) is 60.5 Å². The van der Waals surface area contributed by atoms with Gasteiger partial charge in [-0.2, -0.15) is 10.5 Å². The number of thioether (sulfide) groups is 1. The minimum absolute atomic E-state index is 0.432. The summed E-state index contributed by atoms with van der Waals surface area (Å²) in [4.78, 5) is 5.35. The van der Waals surface area contributed by atoms with Gasteiger partial charge < -0.3 is 0 Å². The Morgan fingerprint density at radius 1 is 1.40 bits per heavy atom. The molecule has 0 N–H and O–H groups in total. The van der Waals surface area contributed by atoms with Crippen LogP contribution in [0.4, 0.5) is 0 Å². The molecule has 1 heterocycles. The zero-order valence-electron chi connectivity index (χ0n) is 8.16. The van der Waals surface area contributed by atoms with Gasteiger partial charge in [-0.1, -0.05) is 0 Å². The Morgan fingerprint density at radius 3 is 3.00 bits per heavy atom. The summed E-state index contributed by atoms with van der Waals surface area (Å²) in [6.07, 6.45) is 3.10. The van der Waals surface area contributed by atoms with Gasteiger partial charge in [0.1, 0.15) is 11.8 Å². The zero-order valence-corrected chi connectivity index (χ0v) is 8.97. The molecule has 1 aliphatic carbocycles. The molecule has 15 heavy (non-hydrogen) atoms. The SMILES string of the molecule is N#CCSc1cc(C#N)nc2c1CCC2. The predicted molar refractivity (Wildman–Crippen MR) is 57.3 cm³/mol. The molecular weight excluding hydrogens is 206 g/mol. The van der Waals surface area contributed by atoms with E-state index in [9.17, 15) is 0 Å². The van der Waals surface area contributed by atoms with E-state index in [-0.39, 0.29) is 0 Å². The van der Waals surface area contributed by atoms with E-state index in [1.54, 1.807) is 6.07 Å². The van der Waals surface area contributed by atoms with Gasteiger partial charge in [-0.15, -0.1) is 11.8 Å². The molecule has 0 saturated carbocycles. The molecule has 0 bridgehead atoms. The van der Waals surface area contributed by atoms with Gasteiger partial charge in [0.05, 0.1) is 11.8 Å². The van der Waals surface area contributed by atoms with Crippen LogP contribution in [0.2, 0.25) is 0 Å². The number of pyridine rings is 1. The van der Waals surface area contributed by atoms with Crippen LogP contribution < -0.4 is 0 Å². The number of hydrogen-bond acceptors (Lipinski definition) is 4. The summed E-state index contributed by atoms with van der Waals surface area (Å²) in [5.74, 6) is 0.432. The monoisotopic (exact) mass is 215 g/mol. The molecule has 1 aromatic heterocycles. The molecule has 0 amide bonds. The summed E-state index contributed by atoms with van der Waals surface area (Å²) < 4.78 is 0. The van der Waals surface area contributed by atoms with Gasteiger partial charge in [-0.25, -0.2) is 4.98 Å². The molecule has 0 saturated heterocycles. The molecular formula is C11H9N3S. The van der Waals surface area contributed by atoms with E-state index >= 15 is 0 Å². The Morgan fingerprint density at radius 2 is 2.27 bits per heavy atom. The van der Waals surface area contributed by atoms with E-state index in [1.165, 1.54) is 17.3 Å². The van der Waals surface area contributed by atoms with Gasteiger partial charge in [0, 0.05) is 10.6 Å². The second kappa shape index (κ2) is 4.33. The molecule has 0 atom stereocenters. The Labute approximate surface area is 92.7 Å². The van der Waals surface area contributed by atoms with Gasteiger partial charge in [-0.05, 0) is 30.9 Å². The first kappa shape index (κ1) is 10.0. The van der Waals surface area contributed by atoms with Crippen molar-refractivity contribution in [1.82, 2.24) is 4.98 Å². The second-order valence-electron chi connectivity index (χ2n) is 3.34. The third-order valence-corrected chi connectivity index (χ3v) is 3.36. The molecule has 0 unspecified atom stereocenters. The van der Waals surface area contributed by atoms with Crippen LogP contribution >= 0.6 is 11.8 Å². The van der Waals surface area contributed by atoms with Gasteiger partial charge in [0.25, 0.3) is 0 Å². The number of nitriles is 2. The molecule has 74 valence electrons. The first-order valence-electron chi connectivity index (χ1n) is 4.78. The molecule has 1 aromatic rings. The molecule has 4 heteroatoms. The van der Waals surface area contributed by atoms with Crippen molar-refractivity contribution in [3.63, 3.8) is 0 Å². The Hall–Kier alpha value is -1.52. The van der Waals surface area contributed by atoms with Gasteiger partial charge in [-0.3, -0.25) is 0 Å². The van der Waals surface area contributed by atoms with E-state index in [1.807, 2.05) is 0 Å². The van der Waals surface area contributed by atoms with Crippen LogP contribution in [-0.4, -0.2) is 10.7 Å². The maximum absolute atomic E-state index is 8.83. The Bertz CT molecular complexity index is 468. The lowest BCUT2D eigenvalue weighted by molar-refractivity contribution is 0.896. The highest BCUT2D eigenvalue weighted by molar-refractivity contribution is 7.99. The lowest BCUT2D eigenvalue weighted by Crippen LogP contribution is -1.95. The zero-order chi connectivity index (χ0) is 10.7. The van der Waals surface area contributed by atoms with Crippen LogP contribution in [0.5, 0.6) is 0 Å². The van der Waals surface area contributed by atoms with E-state index in [0.717, 1.165) is 29.9 Å². The molecule has 0 radical (unpaired) electrons. The van der Waals surface area contributed by atoms with Crippen molar-refractivity contribution >= 4 is 11.8 Å². The maximum Gasteiger partial charge on any atom is 0.141 e. The van der Waals surface area contributed by atoms with Crippen LogP contribution in [0, 0.1) is 22.7 Å². The molecule has 3 nitrogen and oxygen atoms in total. The average Bonchev–Trinajstić information content (AvgIpc) is 2.73. The summed E-state index contributed by atoms with van der Waals surface area (Å²) in [6, 6.07) is 5.97. The molecule has 1 aliphatic rings. The third-order valence-electron chi connectivity index (χ3n) is 2.42. The molecule has 0 aliphatic heterocycles. The number of fused-ring (bicyclic) bond motifs is 1.